The summed E-state index contributed by atoms with van der Waals surface area (Å²) in [6.45, 7) is 0. The van der Waals surface area contributed by atoms with Crippen molar-refractivity contribution in [1.82, 2.24) is 4.98 Å². The fourth-order valence-corrected chi connectivity index (χ4v) is 3.23. The van der Waals surface area contributed by atoms with Gasteiger partial charge in [0.15, 0.2) is 0 Å². The Balaban J connectivity index is 1.43. The van der Waals surface area contributed by atoms with Gasteiger partial charge in [0.2, 0.25) is 5.91 Å². The number of hydrogen-bond acceptors (Lipinski definition) is 3. The molecule has 0 spiro atoms. The van der Waals surface area contributed by atoms with Crippen molar-refractivity contribution in [1.29, 1.82) is 0 Å². The average Bonchev–Trinajstić information content (AvgIpc) is 3.42. The van der Waals surface area contributed by atoms with Crippen LogP contribution in [0.4, 0.5) is 18.9 Å². The third-order valence-electron chi connectivity index (χ3n) is 4.61. The summed E-state index contributed by atoms with van der Waals surface area (Å²) >= 11 is 0. The first-order chi connectivity index (χ1) is 12.9. The molecule has 1 aromatic heterocycles. The minimum absolute atomic E-state index is 0.00146. The quantitative estimate of drug-likeness (QED) is 0.710. The number of pyridine rings is 1. The molecule has 1 saturated carbocycles. The summed E-state index contributed by atoms with van der Waals surface area (Å²) in [6.07, 6.45) is -0.646. The van der Waals surface area contributed by atoms with Gasteiger partial charge in [0.05, 0.1) is 0 Å². The second kappa shape index (κ2) is 6.57. The molecule has 1 fully saturated rings. The second-order valence-electron chi connectivity index (χ2n) is 6.46. The SMILES string of the molecule is O=C(Nc1cccc2cnccc12)[C@@H]1C[C@H]1c1ccc(OC(F)(F)F)cc1. The van der Waals surface area contributed by atoms with Crippen molar-refractivity contribution >= 4 is 22.4 Å². The molecular weight excluding hydrogens is 357 g/mol. The number of nitrogens with zero attached hydrogens (tertiary/aromatic N) is 1. The van der Waals surface area contributed by atoms with E-state index in [4.69, 9.17) is 0 Å². The number of fused-ring (bicyclic) bond motifs is 1. The number of hydrogen-bond donors (Lipinski definition) is 1. The Morgan fingerprint density at radius 1 is 1.11 bits per heavy atom. The molecular formula is C20H15F3N2O2. The topological polar surface area (TPSA) is 51.2 Å². The second-order valence-corrected chi connectivity index (χ2v) is 6.46. The molecule has 1 amide bonds. The molecule has 0 bridgehead atoms. The molecule has 0 radical (unpaired) electrons. The Morgan fingerprint density at radius 2 is 1.89 bits per heavy atom. The molecule has 2 aromatic carbocycles. The minimum Gasteiger partial charge on any atom is -0.406 e. The molecule has 4 rings (SSSR count). The standard InChI is InChI=1S/C20H15F3N2O2/c21-20(22,23)27-14-6-4-12(5-7-14)16-10-17(16)19(26)25-18-3-1-2-13-11-24-9-8-15(13)18/h1-9,11,16-17H,10H2,(H,25,26)/t16-,17+/m0/s1. The normalized spacial score (nSPS) is 18.9. The van der Waals surface area contributed by atoms with E-state index in [-0.39, 0.29) is 23.5 Å². The largest absolute Gasteiger partial charge is 0.573 e. The van der Waals surface area contributed by atoms with Crippen molar-refractivity contribution in [2.24, 2.45) is 5.92 Å². The zero-order chi connectivity index (χ0) is 19.0. The van der Waals surface area contributed by atoms with Gasteiger partial charge in [-0.2, -0.15) is 0 Å². The van der Waals surface area contributed by atoms with Crippen molar-refractivity contribution in [3.63, 3.8) is 0 Å². The number of rotatable bonds is 4. The van der Waals surface area contributed by atoms with Gasteiger partial charge in [0.1, 0.15) is 5.75 Å². The molecule has 138 valence electrons. The number of aromatic nitrogens is 1. The third-order valence-corrected chi connectivity index (χ3v) is 4.61. The van der Waals surface area contributed by atoms with Gasteiger partial charge in [-0.1, -0.05) is 24.3 Å². The lowest BCUT2D eigenvalue weighted by Crippen LogP contribution is -2.17. The minimum atomic E-state index is -4.71. The number of anilines is 1. The first-order valence-corrected chi connectivity index (χ1v) is 8.40. The highest BCUT2D eigenvalue weighted by molar-refractivity contribution is 6.03. The van der Waals surface area contributed by atoms with Crippen LogP contribution in [0.1, 0.15) is 17.9 Å². The third kappa shape index (κ3) is 3.86. The first-order valence-electron chi connectivity index (χ1n) is 8.40. The van der Waals surface area contributed by atoms with Crippen LogP contribution in [0.25, 0.3) is 10.8 Å². The average molecular weight is 372 g/mol. The monoisotopic (exact) mass is 372 g/mol. The van der Waals surface area contributed by atoms with Crippen LogP contribution >= 0.6 is 0 Å². The highest BCUT2D eigenvalue weighted by Crippen LogP contribution is 2.48. The van der Waals surface area contributed by atoms with Gasteiger partial charge in [0.25, 0.3) is 0 Å². The zero-order valence-electron chi connectivity index (χ0n) is 14.0. The molecule has 0 unspecified atom stereocenters. The number of halogens is 3. The van der Waals surface area contributed by atoms with Crippen molar-refractivity contribution in [3.8, 4) is 5.75 Å². The number of benzene rings is 2. The molecule has 1 aliphatic carbocycles. The molecule has 1 heterocycles. The Bertz CT molecular complexity index is 981. The van der Waals surface area contributed by atoms with Gasteiger partial charge >= 0.3 is 6.36 Å². The number of alkyl halides is 3. The molecule has 1 N–H and O–H groups in total. The Morgan fingerprint density at radius 3 is 2.63 bits per heavy atom. The maximum atomic E-state index is 12.6. The van der Waals surface area contributed by atoms with Crippen molar-refractivity contribution < 1.29 is 22.7 Å². The first kappa shape index (κ1) is 17.3. The Hall–Kier alpha value is -3.09. The number of nitrogens with one attached hydrogen (secondary N) is 1. The summed E-state index contributed by atoms with van der Waals surface area (Å²) < 4.78 is 40.5. The van der Waals surface area contributed by atoms with Crippen LogP contribution in [0.3, 0.4) is 0 Å². The molecule has 3 aromatic rings. The van der Waals surface area contributed by atoms with E-state index in [2.05, 4.69) is 15.0 Å². The summed E-state index contributed by atoms with van der Waals surface area (Å²) in [4.78, 5) is 16.6. The number of ether oxygens (including phenoxy) is 1. The molecule has 7 heteroatoms. The molecule has 1 aliphatic rings. The maximum absolute atomic E-state index is 12.6. The number of carbonyl (C=O) groups is 1. The van der Waals surface area contributed by atoms with Crippen LogP contribution < -0.4 is 10.1 Å². The van der Waals surface area contributed by atoms with Gasteiger partial charge in [-0.3, -0.25) is 9.78 Å². The predicted molar refractivity (Wildman–Crippen MR) is 94.3 cm³/mol. The molecule has 27 heavy (non-hydrogen) atoms. The van der Waals surface area contributed by atoms with Crippen molar-refractivity contribution in [2.45, 2.75) is 18.7 Å². The fraction of sp³-hybridized carbons (Fsp3) is 0.200. The van der Waals surface area contributed by atoms with E-state index >= 15 is 0 Å². The predicted octanol–water partition coefficient (Wildman–Crippen LogP) is 4.88. The molecule has 4 nitrogen and oxygen atoms in total. The van der Waals surface area contributed by atoms with Gasteiger partial charge in [-0.25, -0.2) is 0 Å². The number of amides is 1. The van der Waals surface area contributed by atoms with Crippen LogP contribution in [-0.4, -0.2) is 17.3 Å². The summed E-state index contributed by atoms with van der Waals surface area (Å²) in [5.41, 5.74) is 1.55. The van der Waals surface area contributed by atoms with E-state index in [1.165, 1.54) is 12.1 Å². The highest BCUT2D eigenvalue weighted by atomic mass is 19.4. The fourth-order valence-electron chi connectivity index (χ4n) is 3.23. The number of carbonyl (C=O) groups excluding carboxylic acids is 1. The Kier molecular flexibility index (Phi) is 4.22. The van der Waals surface area contributed by atoms with Crippen LogP contribution in [-0.2, 0) is 4.79 Å². The van der Waals surface area contributed by atoms with Crippen LogP contribution in [0, 0.1) is 5.92 Å². The highest BCUT2D eigenvalue weighted by Gasteiger charge is 2.44. The van der Waals surface area contributed by atoms with Crippen molar-refractivity contribution in [3.05, 3.63) is 66.5 Å². The summed E-state index contributed by atoms with van der Waals surface area (Å²) in [7, 11) is 0. The van der Waals surface area contributed by atoms with E-state index in [0.717, 1.165) is 22.0 Å². The van der Waals surface area contributed by atoms with E-state index in [0.29, 0.717) is 6.42 Å². The Labute approximate surface area is 153 Å². The maximum Gasteiger partial charge on any atom is 0.573 e. The van der Waals surface area contributed by atoms with E-state index in [9.17, 15) is 18.0 Å². The smallest absolute Gasteiger partial charge is 0.406 e. The van der Waals surface area contributed by atoms with Gasteiger partial charge in [-0.05, 0) is 42.2 Å². The summed E-state index contributed by atoms with van der Waals surface area (Å²) in [5, 5.41) is 4.79. The van der Waals surface area contributed by atoms with Crippen LogP contribution in [0.5, 0.6) is 5.75 Å². The van der Waals surface area contributed by atoms with Gasteiger partial charge < -0.3 is 10.1 Å². The van der Waals surface area contributed by atoms with Gasteiger partial charge in [0, 0.05) is 34.8 Å². The van der Waals surface area contributed by atoms with E-state index in [1.807, 2.05) is 24.3 Å². The molecule has 2 atom stereocenters. The van der Waals surface area contributed by atoms with Crippen LogP contribution in [0.15, 0.2) is 60.9 Å². The lowest BCUT2D eigenvalue weighted by molar-refractivity contribution is -0.274. The van der Waals surface area contributed by atoms with Crippen LogP contribution in [0.2, 0.25) is 0 Å². The molecule has 0 saturated heterocycles. The summed E-state index contributed by atoms with van der Waals surface area (Å²) in [5.74, 6) is -0.560. The van der Waals surface area contributed by atoms with Gasteiger partial charge in [-0.15, -0.1) is 13.2 Å². The summed E-state index contributed by atoms with van der Waals surface area (Å²) in [6, 6.07) is 13.1. The lowest BCUT2D eigenvalue weighted by Gasteiger charge is -2.10. The van der Waals surface area contributed by atoms with E-state index < -0.39 is 6.36 Å². The van der Waals surface area contributed by atoms with E-state index in [1.54, 1.807) is 24.5 Å². The zero-order valence-corrected chi connectivity index (χ0v) is 14.0. The lowest BCUT2D eigenvalue weighted by atomic mass is 10.1. The van der Waals surface area contributed by atoms with Crippen molar-refractivity contribution in [2.75, 3.05) is 5.32 Å². The molecule has 0 aliphatic heterocycles.